The average Bonchev–Trinajstić information content (AvgIpc) is 1.62. The molecule has 0 spiro atoms. The number of hydrogen-bond donors (Lipinski definition) is 1. The van der Waals surface area contributed by atoms with Crippen LogP contribution in [-0.4, -0.2) is 35.7 Å². The van der Waals surface area contributed by atoms with E-state index in [0.717, 1.165) is 0 Å². The molecule has 0 atom stereocenters. The van der Waals surface area contributed by atoms with E-state index in [1.165, 1.54) is 14.1 Å². The van der Waals surface area contributed by atoms with Crippen molar-refractivity contribution in [3.8, 4) is 0 Å². The first-order valence-corrected chi connectivity index (χ1v) is 2.68. The van der Waals surface area contributed by atoms with E-state index < -0.39 is 10.6 Å². The molecule has 0 aromatic carbocycles. The van der Waals surface area contributed by atoms with Crippen molar-refractivity contribution in [2.24, 2.45) is 0 Å². The summed E-state index contributed by atoms with van der Waals surface area (Å²) < 4.78 is -0.691. The molecule has 1 N–H and O–H groups in total. The SMILES string of the molecule is C[N+](C)(O)C(=O)CCl. The highest BCUT2D eigenvalue weighted by atomic mass is 35.5. The largest absolute Gasteiger partial charge is 0.359 e. The first kappa shape index (κ1) is 7.88. The molecule has 0 bridgehead atoms. The predicted octanol–water partition coefficient (Wildman–Crippen LogP) is 0.217. The lowest BCUT2D eigenvalue weighted by molar-refractivity contribution is -1.01. The van der Waals surface area contributed by atoms with E-state index in [-0.39, 0.29) is 5.88 Å². The molecule has 0 heterocycles. The molecule has 0 saturated heterocycles. The Hall–Kier alpha value is -0.120. The summed E-state index contributed by atoms with van der Waals surface area (Å²) in [7, 11) is 2.70. The minimum atomic E-state index is -0.691. The van der Waals surface area contributed by atoms with Crippen molar-refractivity contribution < 1.29 is 14.6 Å². The second-order valence-electron chi connectivity index (χ2n) is 1.92. The fourth-order valence-electron chi connectivity index (χ4n) is 0.146. The van der Waals surface area contributed by atoms with Gasteiger partial charge in [-0.15, -0.1) is 16.2 Å². The van der Waals surface area contributed by atoms with Gasteiger partial charge in [-0.3, -0.25) is 0 Å². The van der Waals surface area contributed by atoms with Crippen LogP contribution in [0.5, 0.6) is 0 Å². The van der Waals surface area contributed by atoms with Gasteiger partial charge in [-0.05, 0) is 0 Å². The number of rotatable bonds is 1. The van der Waals surface area contributed by atoms with Gasteiger partial charge in [0, 0.05) is 0 Å². The number of carbonyl (C=O) groups excluding carboxylic acids is 1. The van der Waals surface area contributed by atoms with Crippen LogP contribution in [0.15, 0.2) is 0 Å². The van der Waals surface area contributed by atoms with Gasteiger partial charge >= 0.3 is 5.91 Å². The van der Waals surface area contributed by atoms with Crippen molar-refractivity contribution in [2.75, 3.05) is 20.0 Å². The fraction of sp³-hybridized carbons (Fsp3) is 0.750. The van der Waals surface area contributed by atoms with Crippen molar-refractivity contribution in [3.63, 3.8) is 0 Å². The monoisotopic (exact) mass is 138 g/mol. The molecule has 0 aromatic rings. The van der Waals surface area contributed by atoms with Crippen LogP contribution in [0.25, 0.3) is 0 Å². The summed E-state index contributed by atoms with van der Waals surface area (Å²) in [6.45, 7) is 0. The Morgan fingerprint density at radius 3 is 2.12 bits per heavy atom. The van der Waals surface area contributed by atoms with E-state index in [9.17, 15) is 4.79 Å². The summed E-state index contributed by atoms with van der Waals surface area (Å²) in [4.78, 5) is 10.4. The molecule has 8 heavy (non-hydrogen) atoms. The highest BCUT2D eigenvalue weighted by Crippen LogP contribution is 1.92. The van der Waals surface area contributed by atoms with Crippen LogP contribution in [0.2, 0.25) is 0 Å². The summed E-state index contributed by atoms with van der Waals surface area (Å²) in [6.07, 6.45) is 0. The van der Waals surface area contributed by atoms with Gasteiger partial charge in [0.1, 0.15) is 20.0 Å². The molecule has 0 aliphatic rings. The first-order chi connectivity index (χ1) is 3.48. The third-order valence-corrected chi connectivity index (χ3v) is 0.953. The Kier molecular flexibility index (Phi) is 2.40. The van der Waals surface area contributed by atoms with Gasteiger partial charge in [-0.1, -0.05) is 0 Å². The van der Waals surface area contributed by atoms with Gasteiger partial charge in [0.2, 0.25) is 0 Å². The molecule has 0 radical (unpaired) electrons. The molecule has 0 unspecified atom stereocenters. The van der Waals surface area contributed by atoms with Crippen molar-refractivity contribution >= 4 is 17.5 Å². The minimum Gasteiger partial charge on any atom is -0.226 e. The lowest BCUT2D eigenvalue weighted by Gasteiger charge is -2.13. The zero-order valence-corrected chi connectivity index (χ0v) is 5.64. The van der Waals surface area contributed by atoms with Gasteiger partial charge in [0.05, 0.1) is 0 Å². The second kappa shape index (κ2) is 2.44. The minimum absolute atomic E-state index is 0.149. The number of nitrogens with zero attached hydrogens (tertiary/aromatic N) is 1. The smallest absolute Gasteiger partial charge is 0.226 e. The van der Waals surface area contributed by atoms with Crippen LogP contribution in [0.3, 0.4) is 0 Å². The normalized spacial score (nSPS) is 11.5. The zero-order valence-electron chi connectivity index (χ0n) is 4.89. The summed E-state index contributed by atoms with van der Waals surface area (Å²) in [5.74, 6) is -0.560. The van der Waals surface area contributed by atoms with Crippen LogP contribution < -0.4 is 0 Å². The lowest BCUT2D eigenvalue weighted by Crippen LogP contribution is -2.42. The summed E-state index contributed by atoms with van der Waals surface area (Å²) in [6, 6.07) is 0. The van der Waals surface area contributed by atoms with E-state index in [1.807, 2.05) is 0 Å². The van der Waals surface area contributed by atoms with Crippen LogP contribution in [0.1, 0.15) is 0 Å². The van der Waals surface area contributed by atoms with E-state index in [0.29, 0.717) is 0 Å². The maximum atomic E-state index is 10.4. The van der Waals surface area contributed by atoms with E-state index in [2.05, 4.69) is 0 Å². The average molecular weight is 139 g/mol. The number of quaternary nitrogens is 1. The van der Waals surface area contributed by atoms with Crippen molar-refractivity contribution in [3.05, 3.63) is 0 Å². The zero-order chi connectivity index (χ0) is 6.78. The summed E-state index contributed by atoms with van der Waals surface area (Å²) >= 11 is 5.11. The molecule has 0 saturated carbocycles. The molecular formula is C4H9ClNO2+. The standard InChI is InChI=1S/C4H9ClNO2/c1-6(2,8)4(7)3-5/h8H,3H2,1-2H3/q+1. The predicted molar refractivity (Wildman–Crippen MR) is 29.6 cm³/mol. The second-order valence-corrected chi connectivity index (χ2v) is 2.19. The third kappa shape index (κ3) is 2.26. The van der Waals surface area contributed by atoms with E-state index in [1.54, 1.807) is 0 Å². The molecule has 4 heteroatoms. The first-order valence-electron chi connectivity index (χ1n) is 2.14. The van der Waals surface area contributed by atoms with Crippen LogP contribution >= 0.6 is 11.6 Å². The number of hydrogen-bond acceptors (Lipinski definition) is 2. The molecular weight excluding hydrogens is 130 g/mol. The maximum Gasteiger partial charge on any atom is 0.359 e. The van der Waals surface area contributed by atoms with Crippen molar-refractivity contribution in [1.29, 1.82) is 0 Å². The Bertz CT molecular complexity index is 96.7. The number of halogens is 1. The van der Waals surface area contributed by atoms with Crippen molar-refractivity contribution in [2.45, 2.75) is 0 Å². The molecule has 0 fully saturated rings. The third-order valence-electron chi connectivity index (χ3n) is 0.725. The highest BCUT2D eigenvalue weighted by molar-refractivity contribution is 6.26. The summed E-state index contributed by atoms with van der Waals surface area (Å²) in [5.41, 5.74) is 0. The number of carbonyl (C=O) groups is 1. The Labute approximate surface area is 53.0 Å². The van der Waals surface area contributed by atoms with Gasteiger partial charge in [-0.2, -0.15) is 0 Å². The molecule has 0 rings (SSSR count). The fourth-order valence-corrected chi connectivity index (χ4v) is 0.439. The van der Waals surface area contributed by atoms with Crippen LogP contribution in [-0.2, 0) is 4.79 Å². The van der Waals surface area contributed by atoms with Gasteiger partial charge in [-0.25, -0.2) is 10.0 Å². The van der Waals surface area contributed by atoms with Gasteiger partial charge in [0.25, 0.3) is 0 Å². The quantitative estimate of drug-likeness (QED) is 0.244. The number of alkyl halides is 1. The number of hydroxylamine groups is 3. The molecule has 48 valence electrons. The Morgan fingerprint density at radius 1 is 1.75 bits per heavy atom. The Morgan fingerprint density at radius 2 is 2.12 bits per heavy atom. The molecule has 0 aromatic heterocycles. The number of amides is 1. The lowest BCUT2D eigenvalue weighted by atomic mass is 10.6. The van der Waals surface area contributed by atoms with Crippen molar-refractivity contribution in [1.82, 2.24) is 0 Å². The van der Waals surface area contributed by atoms with E-state index in [4.69, 9.17) is 16.8 Å². The van der Waals surface area contributed by atoms with Crippen LogP contribution in [0, 0.1) is 0 Å². The topological polar surface area (TPSA) is 37.3 Å². The Balaban J connectivity index is 3.82. The van der Waals surface area contributed by atoms with Gasteiger partial charge < -0.3 is 0 Å². The molecule has 1 amide bonds. The van der Waals surface area contributed by atoms with E-state index >= 15 is 0 Å². The molecule has 3 nitrogen and oxygen atoms in total. The highest BCUT2D eigenvalue weighted by Gasteiger charge is 2.21. The maximum absolute atomic E-state index is 10.4. The summed E-state index contributed by atoms with van der Waals surface area (Å²) in [5, 5.41) is 8.79. The van der Waals surface area contributed by atoms with Gasteiger partial charge in [0.15, 0.2) is 0 Å². The molecule has 0 aliphatic carbocycles. The van der Waals surface area contributed by atoms with Crippen LogP contribution in [0.4, 0.5) is 0 Å². The molecule has 0 aliphatic heterocycles.